The highest BCUT2D eigenvalue weighted by Crippen LogP contribution is 2.19. The molecular formula is C19H22ClN3O3. The molecule has 0 heterocycles. The first kappa shape index (κ1) is 19.6. The molecule has 26 heavy (non-hydrogen) atoms. The van der Waals surface area contributed by atoms with Crippen molar-refractivity contribution >= 4 is 23.1 Å². The number of benzene rings is 2. The van der Waals surface area contributed by atoms with Crippen LogP contribution in [0, 0.1) is 6.92 Å². The van der Waals surface area contributed by atoms with E-state index in [1.165, 1.54) is 7.11 Å². The Hall–Kier alpha value is -2.73. The molecule has 0 atom stereocenters. The molecular weight excluding hydrogens is 354 g/mol. The second-order valence-corrected chi connectivity index (χ2v) is 5.71. The Labute approximate surface area is 158 Å². The summed E-state index contributed by atoms with van der Waals surface area (Å²) in [6, 6.07) is 15.4. The van der Waals surface area contributed by atoms with Crippen LogP contribution in [0.1, 0.15) is 16.7 Å². The minimum Gasteiger partial charge on any atom is -0.489 e. The van der Waals surface area contributed by atoms with Crippen LogP contribution >= 0.6 is 11.6 Å². The molecule has 0 aliphatic rings. The van der Waals surface area contributed by atoms with Crippen LogP contribution in [0.3, 0.4) is 0 Å². The number of hydrogen-bond acceptors (Lipinski definition) is 5. The third kappa shape index (κ3) is 5.39. The van der Waals surface area contributed by atoms with Crippen molar-refractivity contribution in [1.29, 1.82) is 0 Å². The van der Waals surface area contributed by atoms with Crippen molar-refractivity contribution in [3.63, 3.8) is 0 Å². The maximum atomic E-state index is 6.01. The van der Waals surface area contributed by atoms with Crippen molar-refractivity contribution in [2.45, 2.75) is 13.5 Å². The predicted octanol–water partition coefficient (Wildman–Crippen LogP) is 3.45. The van der Waals surface area contributed by atoms with Crippen LogP contribution in [0.4, 0.5) is 0 Å². The van der Waals surface area contributed by atoms with Gasteiger partial charge in [0.1, 0.15) is 26.1 Å². The molecule has 0 aliphatic heterocycles. The minimum atomic E-state index is 0.0975. The molecule has 2 aromatic carbocycles. The van der Waals surface area contributed by atoms with Gasteiger partial charge in [-0.05, 0) is 24.1 Å². The van der Waals surface area contributed by atoms with E-state index in [4.69, 9.17) is 31.7 Å². The summed E-state index contributed by atoms with van der Waals surface area (Å²) in [6.07, 6.45) is 0. The van der Waals surface area contributed by atoms with Gasteiger partial charge in [-0.15, -0.1) is 11.6 Å². The van der Waals surface area contributed by atoms with Crippen LogP contribution in [0.5, 0.6) is 5.75 Å². The predicted molar refractivity (Wildman–Crippen MR) is 104 cm³/mol. The second kappa shape index (κ2) is 10.3. The number of alkyl halides is 1. The van der Waals surface area contributed by atoms with Crippen LogP contribution in [0.2, 0.25) is 0 Å². The Kier molecular flexibility index (Phi) is 7.76. The van der Waals surface area contributed by atoms with Gasteiger partial charge in [0, 0.05) is 5.56 Å². The first-order valence-electron chi connectivity index (χ1n) is 8.07. The second-order valence-electron chi connectivity index (χ2n) is 5.33. The molecule has 138 valence electrons. The van der Waals surface area contributed by atoms with Crippen LogP contribution in [0.15, 0.2) is 58.8 Å². The fraction of sp³-hybridized carbons (Fsp3) is 0.263. The van der Waals surface area contributed by atoms with Gasteiger partial charge in [-0.25, -0.2) is 0 Å². The molecule has 7 heteroatoms. The summed E-state index contributed by atoms with van der Waals surface area (Å²) in [7, 11) is 1.44. The van der Waals surface area contributed by atoms with Gasteiger partial charge in [0.15, 0.2) is 11.5 Å². The monoisotopic (exact) mass is 375 g/mol. The molecule has 0 unspecified atom stereocenters. The van der Waals surface area contributed by atoms with E-state index in [9.17, 15) is 0 Å². The van der Waals surface area contributed by atoms with Gasteiger partial charge in [0.25, 0.3) is 0 Å². The van der Waals surface area contributed by atoms with Crippen molar-refractivity contribution in [3.8, 4) is 5.75 Å². The normalized spacial score (nSPS) is 12.0. The van der Waals surface area contributed by atoms with E-state index in [1.807, 2.05) is 55.5 Å². The first-order valence-corrected chi connectivity index (χ1v) is 8.60. The lowest BCUT2D eigenvalue weighted by Crippen LogP contribution is -2.27. The van der Waals surface area contributed by atoms with Crippen LogP contribution < -0.4 is 10.5 Å². The van der Waals surface area contributed by atoms with Gasteiger partial charge < -0.3 is 20.1 Å². The van der Waals surface area contributed by atoms with Crippen LogP contribution in [-0.2, 0) is 16.3 Å². The first-order chi connectivity index (χ1) is 12.7. The lowest BCUT2D eigenvalue weighted by Gasteiger charge is -2.13. The van der Waals surface area contributed by atoms with Gasteiger partial charge in [-0.1, -0.05) is 52.8 Å². The summed E-state index contributed by atoms with van der Waals surface area (Å²) < 4.78 is 5.94. The van der Waals surface area contributed by atoms with Crippen molar-refractivity contribution in [2.24, 2.45) is 16.0 Å². The van der Waals surface area contributed by atoms with E-state index in [1.54, 1.807) is 0 Å². The molecule has 2 aromatic rings. The number of nitrogens with zero attached hydrogens (tertiary/aromatic N) is 2. The average molecular weight is 376 g/mol. The summed E-state index contributed by atoms with van der Waals surface area (Å²) in [5.74, 6) is 1.23. The van der Waals surface area contributed by atoms with E-state index in [0.29, 0.717) is 18.2 Å². The minimum absolute atomic E-state index is 0.0975. The van der Waals surface area contributed by atoms with Gasteiger partial charge in [0.2, 0.25) is 0 Å². The molecule has 2 N–H and O–H groups in total. The molecule has 0 amide bonds. The van der Waals surface area contributed by atoms with Gasteiger partial charge >= 0.3 is 0 Å². The zero-order valence-corrected chi connectivity index (χ0v) is 15.6. The van der Waals surface area contributed by atoms with Crippen molar-refractivity contribution < 1.29 is 14.4 Å². The highest BCUT2D eigenvalue weighted by atomic mass is 35.5. The third-order valence-corrected chi connectivity index (χ3v) is 3.66. The number of ether oxygens (including phenoxy) is 1. The summed E-state index contributed by atoms with van der Waals surface area (Å²) in [5, 5.41) is 7.84. The van der Waals surface area contributed by atoms with E-state index in [0.717, 1.165) is 22.4 Å². The number of aryl methyl sites for hydroxylation is 1. The zero-order chi connectivity index (χ0) is 18.8. The number of oxime groups is 2. The largest absolute Gasteiger partial charge is 0.489 e. The quantitative estimate of drug-likeness (QED) is 0.239. The maximum absolute atomic E-state index is 6.01. The Bertz CT molecular complexity index is 778. The standard InChI is InChI=1S/C19H22ClN3O3/c1-14-7-3-6-10-17(14)25-13-15-8-4-5-9-16(15)18(22-24-2)19(21)23-26-12-11-20/h3-10H,11-13H2,1-2H3,(H2,21,23). The molecule has 0 saturated carbocycles. The Morgan fingerprint density at radius 1 is 1.08 bits per heavy atom. The Morgan fingerprint density at radius 3 is 2.54 bits per heavy atom. The lowest BCUT2D eigenvalue weighted by molar-refractivity contribution is 0.160. The fourth-order valence-electron chi connectivity index (χ4n) is 2.27. The van der Waals surface area contributed by atoms with Gasteiger partial charge in [-0.2, -0.15) is 0 Å². The number of para-hydroxylation sites is 1. The molecule has 0 fully saturated rings. The highest BCUT2D eigenvalue weighted by Gasteiger charge is 2.15. The molecule has 0 aliphatic carbocycles. The third-order valence-electron chi connectivity index (χ3n) is 3.51. The number of rotatable bonds is 9. The smallest absolute Gasteiger partial charge is 0.193 e. The molecule has 2 rings (SSSR count). The Morgan fingerprint density at radius 2 is 1.81 bits per heavy atom. The Balaban J connectivity index is 2.26. The fourth-order valence-corrected chi connectivity index (χ4v) is 2.34. The van der Waals surface area contributed by atoms with E-state index in [-0.39, 0.29) is 12.4 Å². The summed E-state index contributed by atoms with van der Waals surface area (Å²) in [5.41, 5.74) is 9.08. The van der Waals surface area contributed by atoms with Crippen molar-refractivity contribution in [1.82, 2.24) is 0 Å². The molecule has 0 aromatic heterocycles. The zero-order valence-electron chi connectivity index (χ0n) is 14.8. The highest BCUT2D eigenvalue weighted by molar-refractivity contribution is 6.47. The molecule has 0 spiro atoms. The molecule has 6 nitrogen and oxygen atoms in total. The topological polar surface area (TPSA) is 78.4 Å². The summed E-state index contributed by atoms with van der Waals surface area (Å²) in [4.78, 5) is 9.97. The number of halogens is 1. The van der Waals surface area contributed by atoms with Gasteiger partial charge in [0.05, 0.1) is 5.88 Å². The summed E-state index contributed by atoms with van der Waals surface area (Å²) >= 11 is 5.57. The van der Waals surface area contributed by atoms with E-state index in [2.05, 4.69) is 10.3 Å². The molecule has 0 radical (unpaired) electrons. The van der Waals surface area contributed by atoms with Crippen molar-refractivity contribution in [2.75, 3.05) is 19.6 Å². The average Bonchev–Trinajstić information content (AvgIpc) is 2.66. The summed E-state index contributed by atoms with van der Waals surface area (Å²) in [6.45, 7) is 2.60. The number of amidine groups is 1. The number of hydrogen-bond donors (Lipinski definition) is 1. The van der Waals surface area contributed by atoms with Crippen LogP contribution in [0.25, 0.3) is 0 Å². The maximum Gasteiger partial charge on any atom is 0.193 e. The number of nitrogens with two attached hydrogens (primary N) is 1. The van der Waals surface area contributed by atoms with Gasteiger partial charge in [-0.3, -0.25) is 0 Å². The van der Waals surface area contributed by atoms with Crippen LogP contribution in [-0.4, -0.2) is 31.1 Å². The SMILES string of the molecule is CON=C(C(N)=NOCCCl)c1ccccc1COc1ccccc1C. The van der Waals surface area contributed by atoms with Crippen molar-refractivity contribution in [3.05, 3.63) is 65.2 Å². The van der Waals surface area contributed by atoms with E-state index >= 15 is 0 Å². The molecule has 0 saturated heterocycles. The lowest BCUT2D eigenvalue weighted by atomic mass is 10.0. The van der Waals surface area contributed by atoms with E-state index < -0.39 is 0 Å². The molecule has 0 bridgehead atoms.